The molecule has 0 aliphatic rings. The first-order valence-electron chi connectivity index (χ1n) is 23.0. The molecule has 11 aromatic rings. The maximum Gasteiger partial charge on any atom is 0.349 e. The van der Waals surface area contributed by atoms with Crippen LogP contribution in [0.5, 0.6) is 0 Å². The van der Waals surface area contributed by atoms with Crippen LogP contribution in [0.3, 0.4) is 0 Å². The summed E-state index contributed by atoms with van der Waals surface area (Å²) in [6.07, 6.45) is 6.96. The van der Waals surface area contributed by atoms with Crippen LogP contribution in [0.2, 0.25) is 0 Å². The van der Waals surface area contributed by atoms with Gasteiger partial charge in [-0.25, -0.2) is 54.9 Å². The zero-order valence-corrected chi connectivity index (χ0v) is 56.6. The first-order valence-corrected chi connectivity index (χ1v) is 26.7. The molecular weight excluding hydrogens is 1290 g/mol. The Balaban J connectivity index is -0.00000101. The topological polar surface area (TPSA) is 248 Å². The number of hydrogen-bond donors (Lipinski definition) is 3. The van der Waals surface area contributed by atoms with E-state index in [9.17, 15) is 26.4 Å². The number of rotatable bonds is 7. The largest absolute Gasteiger partial charge is 0.358 e. The van der Waals surface area contributed by atoms with Gasteiger partial charge >= 0.3 is 11.4 Å². The van der Waals surface area contributed by atoms with Gasteiger partial charge in [0.15, 0.2) is 34.1 Å². The maximum atomic E-state index is 12.9. The van der Waals surface area contributed by atoms with Gasteiger partial charge in [0.2, 0.25) is 20.0 Å². The van der Waals surface area contributed by atoms with Gasteiger partial charge in [0.05, 0.1) is 59.6 Å². The van der Waals surface area contributed by atoms with E-state index in [2.05, 4.69) is 45.3 Å². The molecule has 26 heteroatoms. The van der Waals surface area contributed by atoms with Crippen LogP contribution in [0.25, 0.3) is 50.6 Å². The van der Waals surface area contributed by atoms with Gasteiger partial charge in [-0.05, 0) is 57.2 Å². The quantitative estimate of drug-likeness (QED) is 0.126. The molecule has 0 atom stereocenters. The summed E-state index contributed by atoms with van der Waals surface area (Å²) >= 11 is 0. The Hall–Kier alpha value is -5.13. The minimum atomic E-state index is -3.82. The van der Waals surface area contributed by atoms with Crippen LogP contribution >= 0.6 is 0 Å². The molecule has 3 N–H and O–H groups in total. The minimum absolute atomic E-state index is 0. The summed E-state index contributed by atoms with van der Waals surface area (Å²) < 4.78 is 58.7. The predicted molar refractivity (Wildman–Crippen MR) is 317 cm³/mol. The number of nitrogens with zero attached hydrogens (tertiary/aromatic N) is 12. The molecule has 3 radical (unpaired) electrons. The van der Waals surface area contributed by atoms with E-state index < -0.39 is 25.7 Å². The third kappa shape index (κ3) is 17.2. The van der Waals surface area contributed by atoms with Crippen molar-refractivity contribution in [3.05, 3.63) is 188 Å². The number of para-hydroxylation sites is 3. The average Bonchev–Trinajstić information content (AvgIpc) is 4.24. The fourth-order valence-electron chi connectivity index (χ4n) is 7.53. The Morgan fingerprint density at radius 3 is 1.36 bits per heavy atom. The smallest absolute Gasteiger partial charge is 0.349 e. The fraction of sp³-hybridized carbons (Fsp3) is 0.241. The molecule has 0 amide bonds. The fourth-order valence-corrected chi connectivity index (χ4v) is 8.83. The van der Waals surface area contributed by atoms with E-state index in [0.29, 0.717) is 39.5 Å². The summed E-state index contributed by atoms with van der Waals surface area (Å²) in [4.78, 5) is 41.0. The first-order chi connectivity index (χ1) is 34.6. The molecule has 0 saturated heterocycles. The number of sulfonamides is 1. The first kappa shape index (κ1) is 79.1. The van der Waals surface area contributed by atoms with Gasteiger partial charge in [-0.15, -0.1) is 0 Å². The number of anilines is 3. The molecular formula is C54H74N15O6S2Y3-3. The molecule has 3 aromatic carbocycles. The molecule has 425 valence electrons. The average molecular weight is 1360 g/mol. The zero-order valence-electron chi connectivity index (χ0n) is 46.5. The van der Waals surface area contributed by atoms with Crippen molar-refractivity contribution in [2.45, 2.75) is 77.2 Å². The number of H-pyrrole nitrogens is 1. The van der Waals surface area contributed by atoms with Crippen molar-refractivity contribution in [1.82, 2.24) is 61.9 Å². The molecule has 0 bridgehead atoms. The third-order valence-electron chi connectivity index (χ3n) is 10.3. The molecule has 80 heavy (non-hydrogen) atoms. The van der Waals surface area contributed by atoms with Crippen LogP contribution in [0.4, 0.5) is 17.2 Å². The Morgan fingerprint density at radius 2 is 0.912 bits per heavy atom. The number of nitrogens with one attached hydrogen (secondary N) is 3. The molecule has 0 aliphatic heterocycles. The van der Waals surface area contributed by atoms with Crippen LogP contribution in [-0.2, 0) is 118 Å². The van der Waals surface area contributed by atoms with E-state index in [1.165, 1.54) is 4.57 Å². The zero-order chi connectivity index (χ0) is 52.5. The van der Waals surface area contributed by atoms with E-state index in [1.54, 1.807) is 80.0 Å². The summed E-state index contributed by atoms with van der Waals surface area (Å²) in [5.41, 5.74) is 7.73. The Kier molecular flexibility index (Phi) is 34.6. The second kappa shape index (κ2) is 35.0. The van der Waals surface area contributed by atoms with Crippen LogP contribution < -0.4 is 21.4 Å². The van der Waals surface area contributed by atoms with Crippen molar-refractivity contribution >= 4 is 76.5 Å². The summed E-state index contributed by atoms with van der Waals surface area (Å²) in [6.45, 7) is 17.5. The van der Waals surface area contributed by atoms with Gasteiger partial charge in [-0.1, -0.05) is 111 Å². The molecule has 0 unspecified atom stereocenters. The summed E-state index contributed by atoms with van der Waals surface area (Å²) in [7, 11) is -7.27. The minimum Gasteiger partial charge on any atom is -0.358 e. The van der Waals surface area contributed by atoms with Gasteiger partial charge in [-0.3, -0.25) is 18.8 Å². The third-order valence-corrected chi connectivity index (χ3v) is 11.9. The number of benzene rings is 3. The van der Waals surface area contributed by atoms with Gasteiger partial charge in [0.1, 0.15) is 16.7 Å². The van der Waals surface area contributed by atoms with Crippen LogP contribution in [0.1, 0.15) is 73.5 Å². The summed E-state index contributed by atoms with van der Waals surface area (Å²) in [6, 6.07) is 33.0. The van der Waals surface area contributed by atoms with Crippen LogP contribution in [0.15, 0.2) is 137 Å². The van der Waals surface area contributed by atoms with Crippen molar-refractivity contribution in [1.29, 1.82) is 0 Å². The van der Waals surface area contributed by atoms with E-state index in [4.69, 9.17) is 0 Å². The number of aromatic nitrogens is 13. The summed E-state index contributed by atoms with van der Waals surface area (Å²) in [5, 5.41) is 15.8. The Bertz CT molecular complexity index is 3990. The van der Waals surface area contributed by atoms with Crippen LogP contribution in [0, 0.1) is 43.1 Å². The molecule has 8 heterocycles. The van der Waals surface area contributed by atoms with Gasteiger partial charge in [0.25, 0.3) is 0 Å². The van der Waals surface area contributed by atoms with Crippen molar-refractivity contribution in [2.75, 3.05) is 22.6 Å². The molecule has 0 fully saturated rings. The van der Waals surface area contributed by atoms with Gasteiger partial charge in [-0.2, -0.15) is 19.3 Å². The number of imidazole rings is 2. The van der Waals surface area contributed by atoms with E-state index in [-0.39, 0.29) is 152 Å². The van der Waals surface area contributed by atoms with Gasteiger partial charge in [0, 0.05) is 122 Å². The maximum absolute atomic E-state index is 12.9. The SMILES string of the molecule is C.C.CC.CC.CC.Cc1c(Nc2ccccc2)c(NS(C)(=O)=O)nc2ccnn12.Cc1c2c(nc3ccnn13)[nH]c(=O)n2-c1ccccc1.Cc1c2c(nc3ccnn13)n(S(C)(=O)=O)c(=O)n2-c1ccccc1.[CH3-].[CH3-].[CH3-].[Y].[Y].[Y]. The van der Waals surface area contributed by atoms with E-state index >= 15 is 0 Å². The second-order valence-corrected chi connectivity index (χ2v) is 18.5. The number of fused-ring (bicyclic) bond motifs is 5. The van der Waals surface area contributed by atoms with Crippen molar-refractivity contribution in [3.63, 3.8) is 0 Å². The molecule has 8 aromatic heterocycles. The molecule has 11 rings (SSSR count). The summed E-state index contributed by atoms with van der Waals surface area (Å²) in [5.74, 6) is 0.247. The molecule has 0 aliphatic carbocycles. The van der Waals surface area contributed by atoms with Crippen molar-refractivity contribution in [2.24, 2.45) is 0 Å². The predicted octanol–water partition coefficient (Wildman–Crippen LogP) is 10.5. The van der Waals surface area contributed by atoms with Crippen molar-refractivity contribution in [3.8, 4) is 11.4 Å². The van der Waals surface area contributed by atoms with E-state index in [1.807, 2.05) is 128 Å². The molecule has 21 nitrogen and oxygen atoms in total. The second-order valence-electron chi connectivity index (χ2n) is 14.9. The Morgan fingerprint density at radius 1 is 0.512 bits per heavy atom. The number of hydrogen-bond acceptors (Lipinski definition) is 13. The van der Waals surface area contributed by atoms with E-state index in [0.717, 1.165) is 50.4 Å². The normalized spacial score (nSPS) is 9.94. The molecule has 0 saturated carbocycles. The number of aryl methyl sites for hydroxylation is 3. The van der Waals surface area contributed by atoms with Crippen molar-refractivity contribution < 1.29 is 115 Å². The van der Waals surface area contributed by atoms with Crippen LogP contribution in [-0.4, -0.2) is 91.2 Å². The Labute approximate surface area is 546 Å². The monoisotopic (exact) mass is 1360 g/mol. The number of aromatic amines is 1. The molecule has 0 spiro atoms. The van der Waals surface area contributed by atoms with Gasteiger partial charge < -0.3 is 27.6 Å². The standard InChI is InChI=1S/C15H13N5O3S.C14H15N5O2S.C14H11N5O.3C2H6.2CH4.3CH3.3Y/c1-10-13-14(17-12-8-9-16-19(10)12)20(24(2,22)23)15(21)18(13)11-6-4-3-5-7-11;1-10-13(16-11-6-4-3-5-7-11)14(18-22(2,20)21)17-12-8-9-15-19(10)12;1-9-12-13(16-11-7-8-15-19(9)11)17-14(20)18(12)10-5-3-2-4-6-10;3*1-2;;;;;;;;/h3-9H,1-2H3;3-9,16H,1-2H3,(H,17,18);2-8H,1H3,(H,16,17,20);3*1-2H3;2*1H4;3*1H3;;;/q;;;;;;;;3*-1;;;.